The van der Waals surface area contributed by atoms with Gasteiger partial charge in [-0.1, -0.05) is 15.9 Å². The Bertz CT molecular complexity index is 423. The summed E-state index contributed by atoms with van der Waals surface area (Å²) in [4.78, 5) is 13.4. The summed E-state index contributed by atoms with van der Waals surface area (Å²) in [6, 6.07) is 4.39. The van der Waals surface area contributed by atoms with Gasteiger partial charge in [0.2, 0.25) is 0 Å². The lowest BCUT2D eigenvalue weighted by molar-refractivity contribution is -0.144. The maximum absolute atomic E-state index is 13.8. The van der Waals surface area contributed by atoms with Gasteiger partial charge in [-0.3, -0.25) is 4.79 Å². The molecule has 0 aromatic heterocycles. The second-order valence-electron chi connectivity index (χ2n) is 4.15. The zero-order chi connectivity index (χ0) is 13.7. The van der Waals surface area contributed by atoms with Crippen molar-refractivity contribution < 1.29 is 13.9 Å². The molecule has 18 heavy (non-hydrogen) atoms. The first-order chi connectivity index (χ1) is 8.45. The van der Waals surface area contributed by atoms with Crippen molar-refractivity contribution in [3.05, 3.63) is 34.1 Å². The Morgan fingerprint density at radius 3 is 2.72 bits per heavy atom. The van der Waals surface area contributed by atoms with Crippen LogP contribution in [0.3, 0.4) is 0 Å². The number of rotatable bonds is 5. The van der Waals surface area contributed by atoms with Crippen LogP contribution in [-0.4, -0.2) is 31.6 Å². The largest absolute Gasteiger partial charge is 0.466 e. The molecule has 0 radical (unpaired) electrons. The molecule has 0 saturated carbocycles. The summed E-state index contributed by atoms with van der Waals surface area (Å²) in [6.45, 7) is 2.09. The summed E-state index contributed by atoms with van der Waals surface area (Å²) in [5.74, 6) is -0.642. The number of carbonyl (C=O) groups excluding carboxylic acids is 1. The van der Waals surface area contributed by atoms with Crippen molar-refractivity contribution in [1.82, 2.24) is 4.90 Å². The van der Waals surface area contributed by atoms with E-state index in [9.17, 15) is 9.18 Å². The van der Waals surface area contributed by atoms with Gasteiger partial charge in [-0.15, -0.1) is 0 Å². The molecule has 0 heterocycles. The fourth-order valence-electron chi connectivity index (χ4n) is 1.72. The molecule has 1 aromatic carbocycles. The average molecular weight is 318 g/mol. The standard InChI is InChI=1S/C13H17BrFNO2/c1-4-18-13(17)8-12(16(2)3)10-7-9(14)5-6-11(10)15/h5-7,12H,4,8H2,1-3H3. The minimum absolute atomic E-state index is 0.133. The van der Waals surface area contributed by atoms with Gasteiger partial charge >= 0.3 is 5.97 Å². The van der Waals surface area contributed by atoms with Crippen LogP contribution < -0.4 is 0 Å². The predicted molar refractivity (Wildman–Crippen MR) is 71.8 cm³/mol. The van der Waals surface area contributed by atoms with E-state index >= 15 is 0 Å². The molecule has 0 bridgehead atoms. The molecule has 0 N–H and O–H groups in total. The molecule has 0 aliphatic carbocycles. The lowest BCUT2D eigenvalue weighted by Gasteiger charge is -2.24. The molecule has 0 fully saturated rings. The van der Waals surface area contributed by atoms with Crippen LogP contribution in [0.15, 0.2) is 22.7 Å². The van der Waals surface area contributed by atoms with Crippen molar-refractivity contribution in [3.63, 3.8) is 0 Å². The van der Waals surface area contributed by atoms with E-state index in [0.29, 0.717) is 12.2 Å². The van der Waals surface area contributed by atoms with E-state index in [1.807, 2.05) is 19.0 Å². The van der Waals surface area contributed by atoms with Crippen molar-refractivity contribution in [3.8, 4) is 0 Å². The third-order valence-electron chi connectivity index (χ3n) is 2.61. The number of benzene rings is 1. The monoisotopic (exact) mass is 317 g/mol. The van der Waals surface area contributed by atoms with Gasteiger partial charge in [0.05, 0.1) is 13.0 Å². The molecule has 1 unspecified atom stereocenters. The number of nitrogens with zero attached hydrogens (tertiary/aromatic N) is 1. The van der Waals surface area contributed by atoms with Crippen molar-refractivity contribution >= 4 is 21.9 Å². The van der Waals surface area contributed by atoms with Crippen LogP contribution in [0.5, 0.6) is 0 Å². The minimum atomic E-state index is -0.332. The Hall–Kier alpha value is -0.940. The first-order valence-corrected chi connectivity index (χ1v) is 6.52. The van der Waals surface area contributed by atoms with Crippen LogP contribution in [0.4, 0.5) is 4.39 Å². The second kappa shape index (κ2) is 6.85. The zero-order valence-corrected chi connectivity index (χ0v) is 12.3. The van der Waals surface area contributed by atoms with Crippen LogP contribution >= 0.6 is 15.9 Å². The maximum atomic E-state index is 13.8. The van der Waals surface area contributed by atoms with Gasteiger partial charge in [-0.05, 0) is 39.2 Å². The number of hydrogen-bond acceptors (Lipinski definition) is 3. The van der Waals surface area contributed by atoms with Gasteiger partial charge in [-0.2, -0.15) is 0 Å². The van der Waals surface area contributed by atoms with E-state index in [1.54, 1.807) is 19.1 Å². The third kappa shape index (κ3) is 4.07. The zero-order valence-electron chi connectivity index (χ0n) is 10.7. The van der Waals surface area contributed by atoms with E-state index in [0.717, 1.165) is 4.47 Å². The van der Waals surface area contributed by atoms with Gasteiger partial charge in [0.25, 0.3) is 0 Å². The highest BCUT2D eigenvalue weighted by Crippen LogP contribution is 2.27. The highest BCUT2D eigenvalue weighted by molar-refractivity contribution is 9.10. The fourth-order valence-corrected chi connectivity index (χ4v) is 2.10. The number of ether oxygens (including phenoxy) is 1. The van der Waals surface area contributed by atoms with E-state index in [1.165, 1.54) is 6.07 Å². The lowest BCUT2D eigenvalue weighted by atomic mass is 10.0. The summed E-state index contributed by atoms with van der Waals surface area (Å²) in [5, 5.41) is 0. The Labute approximate surface area is 115 Å². The van der Waals surface area contributed by atoms with E-state index < -0.39 is 0 Å². The van der Waals surface area contributed by atoms with Gasteiger partial charge in [-0.25, -0.2) is 4.39 Å². The van der Waals surface area contributed by atoms with Crippen LogP contribution in [0.2, 0.25) is 0 Å². The Balaban J connectivity index is 2.97. The number of esters is 1. The quantitative estimate of drug-likeness (QED) is 0.781. The second-order valence-corrected chi connectivity index (χ2v) is 5.07. The van der Waals surface area contributed by atoms with Gasteiger partial charge in [0.1, 0.15) is 5.82 Å². The third-order valence-corrected chi connectivity index (χ3v) is 3.10. The van der Waals surface area contributed by atoms with Crippen LogP contribution in [0.1, 0.15) is 24.9 Å². The molecule has 5 heteroatoms. The molecule has 0 aliphatic heterocycles. The fraction of sp³-hybridized carbons (Fsp3) is 0.462. The molecular formula is C13H17BrFNO2. The Morgan fingerprint density at radius 1 is 1.50 bits per heavy atom. The number of carbonyl (C=O) groups is 1. The predicted octanol–water partition coefficient (Wildman–Crippen LogP) is 3.14. The summed E-state index contributed by atoms with van der Waals surface area (Å²) in [7, 11) is 3.62. The van der Waals surface area contributed by atoms with E-state index in [-0.39, 0.29) is 24.2 Å². The van der Waals surface area contributed by atoms with Crippen molar-refractivity contribution in [2.24, 2.45) is 0 Å². The molecule has 1 rings (SSSR count). The smallest absolute Gasteiger partial charge is 0.307 e. The highest BCUT2D eigenvalue weighted by Gasteiger charge is 2.22. The van der Waals surface area contributed by atoms with Crippen molar-refractivity contribution in [2.45, 2.75) is 19.4 Å². The molecule has 1 aromatic rings. The topological polar surface area (TPSA) is 29.5 Å². The molecule has 0 saturated heterocycles. The molecule has 3 nitrogen and oxygen atoms in total. The molecule has 0 aliphatic rings. The van der Waals surface area contributed by atoms with E-state index in [4.69, 9.17) is 4.74 Å². The summed E-state index contributed by atoms with van der Waals surface area (Å²) in [6.07, 6.45) is 0.133. The van der Waals surface area contributed by atoms with Gasteiger partial charge in [0, 0.05) is 16.1 Å². The van der Waals surface area contributed by atoms with Gasteiger partial charge in [0.15, 0.2) is 0 Å². The maximum Gasteiger partial charge on any atom is 0.307 e. The number of halogens is 2. The molecular weight excluding hydrogens is 301 g/mol. The van der Waals surface area contributed by atoms with E-state index in [2.05, 4.69) is 15.9 Å². The number of hydrogen-bond donors (Lipinski definition) is 0. The lowest BCUT2D eigenvalue weighted by Crippen LogP contribution is -2.24. The molecule has 100 valence electrons. The van der Waals surface area contributed by atoms with Crippen LogP contribution in [0.25, 0.3) is 0 Å². The SMILES string of the molecule is CCOC(=O)CC(c1cc(Br)ccc1F)N(C)C. The normalized spacial score (nSPS) is 12.6. The van der Waals surface area contributed by atoms with Crippen molar-refractivity contribution in [2.75, 3.05) is 20.7 Å². The van der Waals surface area contributed by atoms with Crippen LogP contribution in [-0.2, 0) is 9.53 Å². The molecule has 1 atom stereocenters. The van der Waals surface area contributed by atoms with Crippen molar-refractivity contribution in [1.29, 1.82) is 0 Å². The summed E-state index contributed by atoms with van der Waals surface area (Å²) < 4.78 is 19.5. The Morgan fingerprint density at radius 2 is 2.17 bits per heavy atom. The first-order valence-electron chi connectivity index (χ1n) is 5.72. The Kier molecular flexibility index (Phi) is 5.75. The first kappa shape index (κ1) is 15.1. The minimum Gasteiger partial charge on any atom is -0.466 e. The van der Waals surface area contributed by atoms with Gasteiger partial charge < -0.3 is 9.64 Å². The average Bonchev–Trinajstić information content (AvgIpc) is 2.29. The summed E-state index contributed by atoms with van der Waals surface area (Å²) in [5.41, 5.74) is 0.488. The van der Waals surface area contributed by atoms with Crippen LogP contribution in [0, 0.1) is 5.82 Å². The highest BCUT2D eigenvalue weighted by atomic mass is 79.9. The molecule has 0 spiro atoms. The summed E-state index contributed by atoms with van der Waals surface area (Å²) >= 11 is 3.31. The molecule has 0 amide bonds.